The first-order valence-electron chi connectivity index (χ1n) is 9.49. The Morgan fingerprint density at radius 1 is 1.22 bits per heavy atom. The molecule has 1 saturated heterocycles. The summed E-state index contributed by atoms with van der Waals surface area (Å²) in [5.74, 6) is 0.712. The molecule has 0 aromatic heterocycles. The second-order valence-electron chi connectivity index (χ2n) is 8.09. The summed E-state index contributed by atoms with van der Waals surface area (Å²) in [6, 6.07) is 4.28. The summed E-state index contributed by atoms with van der Waals surface area (Å²) in [5.41, 5.74) is 2.15. The highest BCUT2D eigenvalue weighted by molar-refractivity contribution is 5.73. The summed E-state index contributed by atoms with van der Waals surface area (Å²) in [6.45, 7) is 3.77. The minimum atomic E-state index is -0.439. The van der Waals surface area contributed by atoms with Crippen molar-refractivity contribution in [3.63, 3.8) is 0 Å². The van der Waals surface area contributed by atoms with Crippen molar-refractivity contribution in [2.45, 2.75) is 50.4 Å². The molecular formula is C21H23NO5. The van der Waals surface area contributed by atoms with Gasteiger partial charge in [-0.25, -0.2) is 0 Å². The van der Waals surface area contributed by atoms with Crippen molar-refractivity contribution < 1.29 is 23.8 Å². The van der Waals surface area contributed by atoms with E-state index in [4.69, 9.17) is 14.2 Å². The lowest BCUT2D eigenvalue weighted by Gasteiger charge is -2.56. The number of nitrogens with zero attached hydrogens (tertiary/aromatic N) is 1. The van der Waals surface area contributed by atoms with Gasteiger partial charge in [0.05, 0.1) is 0 Å². The van der Waals surface area contributed by atoms with Gasteiger partial charge in [0.25, 0.3) is 0 Å². The van der Waals surface area contributed by atoms with E-state index in [1.165, 1.54) is 19.4 Å². The molecule has 5 rings (SSSR count). The number of benzene rings is 1. The summed E-state index contributed by atoms with van der Waals surface area (Å²) < 4.78 is 17.5. The standard InChI is InChI=1S/C21H23NO5/c1-11(23)25-16-6-4-13-10-15-14-5-7-17(26-12(2)24)20-21(14,8-9-22(15)3)18(13)19(16)27-20/h4-7,14-15,17,20H,8-10H2,1-3H3/t14-,15+,17-,20-,21-/m0/s1/i1+1,4+1,6+1,11+1,16+1. The second-order valence-corrected chi connectivity index (χ2v) is 8.09. The molecule has 142 valence electrons. The number of carbonyl (C=O) groups excluding carboxylic acids is 2. The Hall–Kier alpha value is -2.34. The van der Waals surface area contributed by atoms with Crippen LogP contribution in [0.25, 0.3) is 0 Å². The Balaban J connectivity index is 1.71. The predicted octanol–water partition coefficient (Wildman–Crippen LogP) is 1.99. The van der Waals surface area contributed by atoms with Crippen LogP contribution in [0, 0.1) is 5.92 Å². The van der Waals surface area contributed by atoms with Crippen LogP contribution in [0.3, 0.4) is 0 Å². The SMILES string of the molecule is CC(=O)O[C@H]1C=C[C@H]2[C@H]3Cc4[13cH][13cH][13c](O[13C]([13CH3])=O)c5c4[C@@]2(CCN3C)[C@H]1O5. The van der Waals surface area contributed by atoms with Crippen LogP contribution in [0.2, 0.25) is 0 Å². The molecule has 2 bridgehead atoms. The average molecular weight is 374 g/mol. The van der Waals surface area contributed by atoms with Crippen molar-refractivity contribution in [2.24, 2.45) is 5.92 Å². The van der Waals surface area contributed by atoms with Gasteiger partial charge in [0.2, 0.25) is 0 Å². The number of piperidine rings is 1. The van der Waals surface area contributed by atoms with Gasteiger partial charge in [0.15, 0.2) is 17.6 Å². The molecule has 0 amide bonds. The molecule has 27 heavy (non-hydrogen) atoms. The fraction of sp³-hybridized carbons (Fsp3) is 0.524. The van der Waals surface area contributed by atoms with Crippen LogP contribution in [0.4, 0.5) is 0 Å². The van der Waals surface area contributed by atoms with Crippen LogP contribution in [-0.4, -0.2) is 48.7 Å². The molecule has 2 heterocycles. The Morgan fingerprint density at radius 2 is 2.04 bits per heavy atom. The topological polar surface area (TPSA) is 65.1 Å². The first kappa shape index (κ1) is 16.8. The van der Waals surface area contributed by atoms with Gasteiger partial charge in [-0.05, 0) is 44.1 Å². The normalized spacial score (nSPS) is 35.2. The molecule has 2 aliphatic heterocycles. The van der Waals surface area contributed by atoms with Gasteiger partial charge in [-0.2, -0.15) is 0 Å². The van der Waals surface area contributed by atoms with E-state index in [0.717, 1.165) is 24.9 Å². The van der Waals surface area contributed by atoms with Crippen LogP contribution in [0.1, 0.15) is 31.4 Å². The van der Waals surface area contributed by atoms with Crippen LogP contribution < -0.4 is 9.47 Å². The van der Waals surface area contributed by atoms with E-state index in [2.05, 4.69) is 24.1 Å². The van der Waals surface area contributed by atoms with E-state index in [-0.39, 0.29) is 29.4 Å². The maximum atomic E-state index is 11.7. The lowest BCUT2D eigenvalue weighted by Crippen LogP contribution is -2.65. The van der Waals surface area contributed by atoms with Gasteiger partial charge in [-0.1, -0.05) is 12.1 Å². The minimum Gasteiger partial charge on any atom is -0.481 e. The molecule has 6 heteroatoms. The monoisotopic (exact) mass is 374 g/mol. The predicted molar refractivity (Wildman–Crippen MR) is 96.8 cm³/mol. The van der Waals surface area contributed by atoms with Gasteiger partial charge in [-0.15, -0.1) is 0 Å². The van der Waals surface area contributed by atoms with Crippen molar-refractivity contribution in [3.05, 3.63) is 35.4 Å². The van der Waals surface area contributed by atoms with Crippen molar-refractivity contribution in [1.29, 1.82) is 0 Å². The summed E-state index contributed by atoms with van der Waals surface area (Å²) in [6.07, 6.45) is 5.31. The van der Waals surface area contributed by atoms with Gasteiger partial charge < -0.3 is 19.1 Å². The summed E-state index contributed by atoms with van der Waals surface area (Å²) in [7, 11) is 2.17. The third-order valence-corrected chi connectivity index (χ3v) is 6.67. The number of likely N-dealkylation sites (N-methyl/N-ethyl adjacent to an activating group) is 1. The molecule has 0 radical (unpaired) electrons. The molecule has 6 nitrogen and oxygen atoms in total. The number of rotatable bonds is 2. The van der Waals surface area contributed by atoms with E-state index >= 15 is 0 Å². The number of hydrogen-bond acceptors (Lipinski definition) is 6. The van der Waals surface area contributed by atoms with E-state index in [1.54, 1.807) is 0 Å². The fourth-order valence-corrected chi connectivity index (χ4v) is 5.74. The zero-order valence-corrected chi connectivity index (χ0v) is 15.7. The van der Waals surface area contributed by atoms with Gasteiger partial charge in [0.1, 0.15) is 6.10 Å². The zero-order chi connectivity index (χ0) is 18.9. The molecule has 1 aromatic carbocycles. The first-order chi connectivity index (χ1) is 12.9. The van der Waals surface area contributed by atoms with Gasteiger partial charge in [-0.3, -0.25) is 9.59 Å². The summed E-state index contributed by atoms with van der Waals surface area (Å²) >= 11 is 0. The highest BCUT2D eigenvalue weighted by atomic mass is 16.7. The zero-order valence-electron chi connectivity index (χ0n) is 15.7. The van der Waals surface area contributed by atoms with Crippen LogP contribution >= 0.6 is 0 Å². The molecule has 5 atom stereocenters. The highest BCUT2D eigenvalue weighted by Crippen LogP contribution is 2.62. The lowest BCUT2D eigenvalue weighted by atomic mass is 9.54. The Morgan fingerprint density at radius 3 is 2.78 bits per heavy atom. The molecule has 0 unspecified atom stereocenters. The number of carbonyl (C=O) groups is 2. The Kier molecular flexibility index (Phi) is 3.47. The number of esters is 2. The molecule has 4 aliphatic rings. The Labute approximate surface area is 158 Å². The Bertz CT molecular complexity index is 878. The largest absolute Gasteiger partial charge is 0.481 e. The number of likely N-dealkylation sites (tertiary alicyclic amines) is 1. The van der Waals surface area contributed by atoms with Crippen LogP contribution in [0.5, 0.6) is 11.5 Å². The average Bonchev–Trinajstić information content (AvgIpc) is 2.95. The smallest absolute Gasteiger partial charge is 0.308 e. The van der Waals surface area contributed by atoms with Crippen molar-refractivity contribution in [1.82, 2.24) is 4.90 Å². The summed E-state index contributed by atoms with van der Waals surface area (Å²) in [5, 5.41) is 0. The van der Waals surface area contributed by atoms with E-state index in [0.29, 0.717) is 17.5 Å². The minimum absolute atomic E-state index is 0.245. The van der Waals surface area contributed by atoms with E-state index < -0.39 is 6.10 Å². The second kappa shape index (κ2) is 5.58. The molecule has 0 saturated carbocycles. The molecule has 1 aromatic rings. The van der Waals surface area contributed by atoms with E-state index in [9.17, 15) is 9.59 Å². The van der Waals surface area contributed by atoms with Gasteiger partial charge >= 0.3 is 11.9 Å². The molecule has 1 spiro atoms. The molecule has 0 N–H and O–H groups in total. The number of ether oxygens (including phenoxy) is 3. The third-order valence-electron chi connectivity index (χ3n) is 6.67. The fourth-order valence-electron chi connectivity index (χ4n) is 5.74. The van der Waals surface area contributed by atoms with Crippen molar-refractivity contribution in [2.75, 3.05) is 13.6 Å². The highest BCUT2D eigenvalue weighted by Gasteiger charge is 2.65. The third kappa shape index (κ3) is 2.16. The van der Waals surface area contributed by atoms with Crippen molar-refractivity contribution in [3.8, 4) is 11.5 Å². The van der Waals surface area contributed by atoms with Gasteiger partial charge in [0, 0.05) is 36.8 Å². The van der Waals surface area contributed by atoms with Crippen molar-refractivity contribution >= 4 is 11.9 Å². The maximum Gasteiger partial charge on any atom is 0.308 e. The molecule has 2 aliphatic carbocycles. The molecule has 1 fully saturated rings. The van der Waals surface area contributed by atoms with E-state index in [1.807, 2.05) is 12.1 Å². The summed E-state index contributed by atoms with van der Waals surface area (Å²) in [4.78, 5) is 25.7. The number of hydrogen-bond donors (Lipinski definition) is 0. The quantitative estimate of drug-likeness (QED) is 0.341. The lowest BCUT2D eigenvalue weighted by molar-refractivity contribution is -0.152. The maximum absolute atomic E-state index is 11.7. The van der Waals surface area contributed by atoms with Crippen LogP contribution in [-0.2, 0) is 26.2 Å². The first-order valence-corrected chi connectivity index (χ1v) is 9.49. The molecular weight excluding hydrogens is 351 g/mol. The van der Waals surface area contributed by atoms with Crippen LogP contribution in [0.15, 0.2) is 24.3 Å².